The second kappa shape index (κ2) is 13.3. The normalized spacial score (nSPS) is 22.8. The van der Waals surface area contributed by atoms with Crippen LogP contribution in [0.25, 0.3) is 0 Å². The maximum Gasteiger partial charge on any atom is 0.133 e. The quantitative estimate of drug-likeness (QED) is 0.500. The fourth-order valence-corrected chi connectivity index (χ4v) is 4.68. The Hall–Kier alpha value is -0.180. The first-order valence-corrected chi connectivity index (χ1v) is 10.5. The SMILES string of the molecule is C.CCCCC1CCCCC1CC(=O)CCCS(=O)CCC. The first-order chi connectivity index (χ1) is 10.2. The lowest BCUT2D eigenvalue weighted by molar-refractivity contribution is -0.120. The average Bonchev–Trinajstić information content (AvgIpc) is 2.46. The van der Waals surface area contributed by atoms with Crippen molar-refractivity contribution in [3.63, 3.8) is 0 Å². The van der Waals surface area contributed by atoms with Crippen LogP contribution in [-0.4, -0.2) is 21.5 Å². The Morgan fingerprint density at radius 1 is 1.00 bits per heavy atom. The van der Waals surface area contributed by atoms with Crippen molar-refractivity contribution in [2.75, 3.05) is 11.5 Å². The fourth-order valence-electron chi connectivity index (χ4n) is 3.55. The van der Waals surface area contributed by atoms with E-state index in [0.717, 1.165) is 30.9 Å². The summed E-state index contributed by atoms with van der Waals surface area (Å²) in [6.07, 6.45) is 12.4. The van der Waals surface area contributed by atoms with Crippen molar-refractivity contribution in [2.24, 2.45) is 11.8 Å². The highest BCUT2D eigenvalue weighted by Gasteiger charge is 2.26. The molecule has 0 bridgehead atoms. The van der Waals surface area contributed by atoms with Crippen molar-refractivity contribution in [3.8, 4) is 0 Å². The summed E-state index contributed by atoms with van der Waals surface area (Å²) < 4.78 is 11.6. The number of ketones is 1. The molecule has 0 heterocycles. The Balaban J connectivity index is 0.00000441. The Labute approximate surface area is 141 Å². The Morgan fingerprint density at radius 3 is 2.32 bits per heavy atom. The van der Waals surface area contributed by atoms with Crippen LogP contribution < -0.4 is 0 Å². The lowest BCUT2D eigenvalue weighted by Crippen LogP contribution is -2.22. The van der Waals surface area contributed by atoms with Gasteiger partial charge in [0.2, 0.25) is 0 Å². The van der Waals surface area contributed by atoms with Crippen molar-refractivity contribution in [1.82, 2.24) is 0 Å². The number of Topliss-reactive ketones (excluding diaryl/α,β-unsaturated/α-hetero) is 1. The van der Waals surface area contributed by atoms with E-state index < -0.39 is 10.8 Å². The zero-order valence-corrected chi connectivity index (χ0v) is 14.9. The van der Waals surface area contributed by atoms with Crippen LogP contribution in [0.3, 0.4) is 0 Å². The van der Waals surface area contributed by atoms with Gasteiger partial charge in [-0.05, 0) is 31.1 Å². The summed E-state index contributed by atoms with van der Waals surface area (Å²) in [7, 11) is -0.707. The molecule has 2 nitrogen and oxygen atoms in total. The molecule has 0 aromatic heterocycles. The molecule has 0 amide bonds. The molecule has 0 spiro atoms. The van der Waals surface area contributed by atoms with Gasteiger partial charge in [-0.15, -0.1) is 0 Å². The molecule has 0 aliphatic heterocycles. The zero-order chi connectivity index (χ0) is 15.5. The van der Waals surface area contributed by atoms with E-state index in [0.29, 0.717) is 23.9 Å². The van der Waals surface area contributed by atoms with Gasteiger partial charge in [0, 0.05) is 35.1 Å². The summed E-state index contributed by atoms with van der Waals surface area (Å²) in [5, 5.41) is 0. The molecule has 1 rings (SSSR count). The van der Waals surface area contributed by atoms with Crippen LogP contribution in [0.15, 0.2) is 0 Å². The molecule has 0 saturated heterocycles. The van der Waals surface area contributed by atoms with Crippen LogP contribution in [0.2, 0.25) is 0 Å². The predicted molar refractivity (Wildman–Crippen MR) is 98.7 cm³/mol. The minimum absolute atomic E-state index is 0. The Kier molecular flexibility index (Phi) is 13.2. The molecule has 1 saturated carbocycles. The number of carbonyl (C=O) groups excluding carboxylic acids is 1. The first-order valence-electron chi connectivity index (χ1n) is 9.04. The van der Waals surface area contributed by atoms with Gasteiger partial charge >= 0.3 is 0 Å². The summed E-state index contributed by atoms with van der Waals surface area (Å²) in [6, 6.07) is 0. The molecule has 132 valence electrons. The number of carbonyl (C=O) groups is 1. The lowest BCUT2D eigenvalue weighted by atomic mass is 9.74. The van der Waals surface area contributed by atoms with Crippen molar-refractivity contribution >= 4 is 16.6 Å². The van der Waals surface area contributed by atoms with Crippen LogP contribution in [-0.2, 0) is 15.6 Å². The van der Waals surface area contributed by atoms with Gasteiger partial charge in [-0.25, -0.2) is 0 Å². The van der Waals surface area contributed by atoms with Crippen LogP contribution in [0.1, 0.15) is 91.9 Å². The largest absolute Gasteiger partial charge is 0.300 e. The van der Waals surface area contributed by atoms with E-state index in [9.17, 15) is 9.00 Å². The molecule has 1 aliphatic carbocycles. The third-order valence-electron chi connectivity index (χ3n) is 4.74. The highest BCUT2D eigenvalue weighted by Crippen LogP contribution is 2.36. The summed E-state index contributed by atoms with van der Waals surface area (Å²) in [6.45, 7) is 4.31. The summed E-state index contributed by atoms with van der Waals surface area (Å²) in [4.78, 5) is 12.2. The highest BCUT2D eigenvalue weighted by atomic mass is 32.2. The van der Waals surface area contributed by atoms with Gasteiger partial charge in [0.05, 0.1) is 0 Å². The van der Waals surface area contributed by atoms with Gasteiger partial charge in [-0.1, -0.05) is 59.8 Å². The number of hydrogen-bond donors (Lipinski definition) is 0. The van der Waals surface area contributed by atoms with Crippen molar-refractivity contribution in [3.05, 3.63) is 0 Å². The number of unbranched alkanes of at least 4 members (excludes halogenated alkanes) is 1. The van der Waals surface area contributed by atoms with Gasteiger partial charge in [0.15, 0.2) is 0 Å². The molecule has 1 aliphatic rings. The molecule has 3 atom stereocenters. The van der Waals surface area contributed by atoms with E-state index in [4.69, 9.17) is 0 Å². The second-order valence-electron chi connectivity index (χ2n) is 6.64. The van der Waals surface area contributed by atoms with Crippen LogP contribution in [0.4, 0.5) is 0 Å². The molecule has 0 aromatic rings. The van der Waals surface area contributed by atoms with Gasteiger partial charge in [0.1, 0.15) is 5.78 Å². The molecule has 1 fully saturated rings. The van der Waals surface area contributed by atoms with E-state index in [2.05, 4.69) is 13.8 Å². The first kappa shape index (κ1) is 21.8. The van der Waals surface area contributed by atoms with E-state index >= 15 is 0 Å². The van der Waals surface area contributed by atoms with Crippen molar-refractivity contribution in [1.29, 1.82) is 0 Å². The molecule has 3 unspecified atom stereocenters. The monoisotopic (exact) mass is 330 g/mol. The molecular weight excluding hydrogens is 292 g/mol. The smallest absolute Gasteiger partial charge is 0.133 e. The highest BCUT2D eigenvalue weighted by molar-refractivity contribution is 7.84. The fraction of sp³-hybridized carbons (Fsp3) is 0.947. The Bertz CT molecular complexity index is 315. The minimum atomic E-state index is -0.707. The van der Waals surface area contributed by atoms with Crippen molar-refractivity contribution < 1.29 is 9.00 Å². The third-order valence-corrected chi connectivity index (χ3v) is 6.35. The average molecular weight is 331 g/mol. The van der Waals surface area contributed by atoms with E-state index in [1.165, 1.54) is 44.9 Å². The molecule has 22 heavy (non-hydrogen) atoms. The van der Waals surface area contributed by atoms with Crippen LogP contribution >= 0.6 is 0 Å². The molecule has 0 radical (unpaired) electrons. The minimum Gasteiger partial charge on any atom is -0.300 e. The summed E-state index contributed by atoms with van der Waals surface area (Å²) in [5.74, 6) is 3.34. The zero-order valence-electron chi connectivity index (χ0n) is 14.1. The summed E-state index contributed by atoms with van der Waals surface area (Å²) in [5.41, 5.74) is 0. The Morgan fingerprint density at radius 2 is 1.68 bits per heavy atom. The molecule has 3 heteroatoms. The number of hydrogen-bond acceptors (Lipinski definition) is 2. The molecule has 0 aromatic carbocycles. The van der Waals surface area contributed by atoms with Crippen molar-refractivity contribution in [2.45, 2.75) is 91.9 Å². The molecular formula is C19H38O2S. The molecule has 0 N–H and O–H groups in total. The van der Waals surface area contributed by atoms with Crippen LogP contribution in [0.5, 0.6) is 0 Å². The van der Waals surface area contributed by atoms with Gasteiger partial charge in [-0.2, -0.15) is 0 Å². The van der Waals surface area contributed by atoms with Gasteiger partial charge < -0.3 is 0 Å². The van der Waals surface area contributed by atoms with Gasteiger partial charge in [-0.3, -0.25) is 9.00 Å². The maximum atomic E-state index is 12.2. The second-order valence-corrected chi connectivity index (χ2v) is 8.34. The van der Waals surface area contributed by atoms with Gasteiger partial charge in [0.25, 0.3) is 0 Å². The topological polar surface area (TPSA) is 34.1 Å². The van der Waals surface area contributed by atoms with E-state index in [-0.39, 0.29) is 7.43 Å². The van der Waals surface area contributed by atoms with E-state index in [1.807, 2.05) is 0 Å². The lowest BCUT2D eigenvalue weighted by Gasteiger charge is -2.31. The maximum absolute atomic E-state index is 12.2. The predicted octanol–water partition coefficient (Wildman–Crippen LogP) is 5.52. The van der Waals surface area contributed by atoms with E-state index in [1.54, 1.807) is 0 Å². The number of rotatable bonds is 11. The standard InChI is InChI=1S/C18H34O2S.CH4/c1-3-5-9-16-10-6-7-11-17(16)15-18(19)12-8-14-21(20)13-4-2;/h16-17H,3-15H2,1-2H3;1H4. The summed E-state index contributed by atoms with van der Waals surface area (Å²) >= 11 is 0. The third kappa shape index (κ3) is 9.07. The van der Waals surface area contributed by atoms with Crippen LogP contribution in [0, 0.1) is 11.8 Å².